The van der Waals surface area contributed by atoms with E-state index in [2.05, 4.69) is 5.16 Å². The first kappa shape index (κ1) is 22.9. The lowest BCUT2D eigenvalue weighted by Crippen LogP contribution is -2.41. The summed E-state index contributed by atoms with van der Waals surface area (Å²) in [7, 11) is 1.33. The van der Waals surface area contributed by atoms with Gasteiger partial charge in [-0.05, 0) is 24.6 Å². The van der Waals surface area contributed by atoms with Gasteiger partial charge in [-0.3, -0.25) is 4.84 Å². The van der Waals surface area contributed by atoms with E-state index in [0.717, 1.165) is 4.31 Å². The Balaban J connectivity index is 2.89. The minimum atomic E-state index is -2.95. The molecule has 1 atom stereocenters. The number of carbonyl (C=O) groups excluding carboxylic acids is 1. The molecule has 0 aromatic carbocycles. The monoisotopic (exact) mass is 430 g/mol. The molecule has 1 aliphatic heterocycles. The van der Waals surface area contributed by atoms with Gasteiger partial charge < -0.3 is 21.7 Å². The molecule has 12 heteroatoms. The molecular weight excluding hydrogens is 405 g/mol. The van der Waals surface area contributed by atoms with Gasteiger partial charge in [0.05, 0.1) is 13.2 Å². The fourth-order valence-electron chi connectivity index (χ4n) is 1.61. The van der Waals surface area contributed by atoms with Gasteiger partial charge >= 0.3 is 6.09 Å². The normalized spacial score (nSPS) is 21.0. The Hall–Kier alpha value is -0.160. The van der Waals surface area contributed by atoms with Crippen LogP contribution in [0.3, 0.4) is 0 Å². The standard InChI is InChI=1S/C13H26N3O5PS3/c1-6-8-16(22(24)19-9-13(3,4)10-20-22)25(18)15(5)12(17)21-14-11(23)7-2/h6-10H2,1-5H3,(H,14,23)/p-1. The predicted molar refractivity (Wildman–Crippen MR) is 104 cm³/mol. The summed E-state index contributed by atoms with van der Waals surface area (Å²) in [5, 5.41) is 3.75. The number of nitrogens with zero attached hydrogens (tertiary/aromatic N) is 3. The predicted octanol–water partition coefficient (Wildman–Crippen LogP) is 2.91. The molecule has 0 bridgehead atoms. The molecule has 1 unspecified atom stereocenters. The second-order valence-corrected chi connectivity index (χ2v) is 11.7. The van der Waals surface area contributed by atoms with E-state index in [1.165, 1.54) is 11.1 Å². The summed E-state index contributed by atoms with van der Waals surface area (Å²) >= 11 is 8.46. The molecular formula is C13H25N3O5PS3-. The summed E-state index contributed by atoms with van der Waals surface area (Å²) in [5.41, 5.74) is -0.165. The smallest absolute Gasteiger partial charge is 0.448 e. The molecule has 1 heterocycles. The van der Waals surface area contributed by atoms with Gasteiger partial charge in [0.2, 0.25) is 11.2 Å². The largest absolute Gasteiger partial charge is 0.761 e. The third-order valence-electron chi connectivity index (χ3n) is 3.12. The first-order chi connectivity index (χ1) is 11.6. The summed E-state index contributed by atoms with van der Waals surface area (Å²) in [5.74, 6) is 0. The maximum absolute atomic E-state index is 12.8. The topological polar surface area (TPSA) is 80.7 Å². The third kappa shape index (κ3) is 6.50. The average molecular weight is 431 g/mol. The van der Waals surface area contributed by atoms with Crippen molar-refractivity contribution in [2.75, 3.05) is 26.8 Å². The summed E-state index contributed by atoms with van der Waals surface area (Å²) in [6, 6.07) is 0. The Labute approximate surface area is 162 Å². The summed E-state index contributed by atoms with van der Waals surface area (Å²) in [6.45, 7) is 5.88. The Bertz CT molecular complexity index is 573. The number of oxime groups is 1. The van der Waals surface area contributed by atoms with Crippen molar-refractivity contribution in [3.8, 4) is 0 Å². The Kier molecular flexibility index (Phi) is 8.86. The van der Waals surface area contributed by atoms with Crippen LogP contribution >= 0.6 is 6.64 Å². The average Bonchev–Trinajstić information content (AvgIpc) is 2.58. The molecule has 146 valence electrons. The van der Waals surface area contributed by atoms with Crippen molar-refractivity contribution in [1.29, 1.82) is 0 Å². The van der Waals surface area contributed by atoms with Crippen LogP contribution in [0.25, 0.3) is 0 Å². The van der Waals surface area contributed by atoms with Crippen molar-refractivity contribution in [2.45, 2.75) is 40.5 Å². The highest BCUT2D eigenvalue weighted by molar-refractivity contribution is 8.12. The first-order valence-electron chi connectivity index (χ1n) is 7.84. The fraction of sp³-hybridized carbons (Fsp3) is 0.846. The second-order valence-electron chi connectivity index (χ2n) is 6.18. The highest BCUT2D eigenvalue weighted by Gasteiger charge is 2.42. The van der Waals surface area contributed by atoms with Crippen molar-refractivity contribution in [3.63, 3.8) is 0 Å². The number of hydrogen-bond donors (Lipinski definition) is 0. The highest BCUT2D eigenvalue weighted by Crippen LogP contribution is 2.57. The molecule has 1 saturated heterocycles. The molecule has 25 heavy (non-hydrogen) atoms. The van der Waals surface area contributed by atoms with Crippen molar-refractivity contribution in [1.82, 2.24) is 8.38 Å². The lowest BCUT2D eigenvalue weighted by molar-refractivity contribution is 0.0499. The molecule has 0 aromatic rings. The molecule has 8 nitrogen and oxygen atoms in total. The van der Waals surface area contributed by atoms with Crippen LogP contribution < -0.4 is 0 Å². The molecule has 0 saturated carbocycles. The number of carbonyl (C=O) groups is 1. The van der Waals surface area contributed by atoms with Gasteiger partial charge in [0, 0.05) is 19.0 Å². The molecule has 0 aliphatic carbocycles. The maximum atomic E-state index is 12.8. The summed E-state index contributed by atoms with van der Waals surface area (Å²) in [4.78, 5) is 16.7. The van der Waals surface area contributed by atoms with Crippen LogP contribution in [0.1, 0.15) is 40.5 Å². The second kappa shape index (κ2) is 9.68. The van der Waals surface area contributed by atoms with Gasteiger partial charge in [0.1, 0.15) is 0 Å². The lowest BCUT2D eigenvalue weighted by Gasteiger charge is -2.41. The van der Waals surface area contributed by atoms with Gasteiger partial charge in [-0.15, -0.1) is 9.23 Å². The van der Waals surface area contributed by atoms with Gasteiger partial charge in [-0.1, -0.05) is 32.7 Å². The molecule has 0 aromatic heterocycles. The fourth-order valence-corrected chi connectivity index (χ4v) is 6.61. The number of amides is 1. The van der Waals surface area contributed by atoms with Gasteiger partial charge in [0.15, 0.2) is 0 Å². The van der Waals surface area contributed by atoms with Crippen molar-refractivity contribution < 1.29 is 22.9 Å². The SMILES string of the molecule is CCCN(S(=O)N(C)C(=O)O/N=C(\[S-])CC)P1(=S)OCC(C)(C)CO1. The number of hydrogen-bond acceptors (Lipinski definition) is 8. The minimum Gasteiger partial charge on any atom is -0.761 e. The molecule has 1 rings (SSSR count). The molecule has 0 radical (unpaired) electrons. The quantitative estimate of drug-likeness (QED) is 0.153. The van der Waals surface area contributed by atoms with Crippen LogP contribution in [0.2, 0.25) is 0 Å². The van der Waals surface area contributed by atoms with Crippen LogP contribution in [-0.4, -0.2) is 50.5 Å². The van der Waals surface area contributed by atoms with E-state index in [1.54, 1.807) is 6.92 Å². The van der Waals surface area contributed by atoms with E-state index in [9.17, 15) is 9.00 Å². The first-order valence-corrected chi connectivity index (χ1v) is 11.9. The van der Waals surface area contributed by atoms with Crippen LogP contribution in [0.15, 0.2) is 5.16 Å². The van der Waals surface area contributed by atoms with E-state index in [0.29, 0.717) is 32.6 Å². The maximum Gasteiger partial charge on any atom is 0.448 e. The minimum absolute atomic E-state index is 0.165. The molecule has 0 N–H and O–H groups in total. The molecule has 1 aliphatic rings. The molecule has 0 spiro atoms. The van der Waals surface area contributed by atoms with Crippen LogP contribution in [-0.2, 0) is 49.5 Å². The summed E-state index contributed by atoms with van der Waals surface area (Å²) in [6.07, 6.45) is 0.234. The molecule has 1 amide bonds. The van der Waals surface area contributed by atoms with E-state index in [-0.39, 0.29) is 10.5 Å². The Morgan fingerprint density at radius 2 is 1.96 bits per heavy atom. The van der Waals surface area contributed by atoms with E-state index < -0.39 is 23.9 Å². The van der Waals surface area contributed by atoms with Crippen LogP contribution in [0, 0.1) is 5.41 Å². The third-order valence-corrected chi connectivity index (χ3v) is 8.90. The zero-order valence-electron chi connectivity index (χ0n) is 15.1. The van der Waals surface area contributed by atoms with Crippen molar-refractivity contribution >= 4 is 53.4 Å². The van der Waals surface area contributed by atoms with E-state index in [4.69, 9.17) is 38.3 Å². The van der Waals surface area contributed by atoms with E-state index in [1.807, 2.05) is 20.8 Å². The van der Waals surface area contributed by atoms with Gasteiger partial charge in [-0.25, -0.2) is 13.3 Å². The van der Waals surface area contributed by atoms with Gasteiger partial charge in [-0.2, -0.15) is 0 Å². The Morgan fingerprint density at radius 3 is 2.44 bits per heavy atom. The summed E-state index contributed by atoms with van der Waals surface area (Å²) < 4.78 is 26.7. The highest BCUT2D eigenvalue weighted by atomic mass is 32.5. The van der Waals surface area contributed by atoms with Gasteiger partial charge in [0.25, 0.3) is 6.64 Å². The molecule has 1 fully saturated rings. The van der Waals surface area contributed by atoms with Crippen molar-refractivity contribution in [2.24, 2.45) is 10.6 Å². The zero-order chi connectivity index (χ0) is 19.3. The van der Waals surface area contributed by atoms with Crippen LogP contribution in [0.4, 0.5) is 4.79 Å². The van der Waals surface area contributed by atoms with Crippen molar-refractivity contribution in [3.05, 3.63) is 0 Å². The number of rotatable bonds is 7. The van der Waals surface area contributed by atoms with E-state index >= 15 is 0 Å². The van der Waals surface area contributed by atoms with Crippen LogP contribution in [0.5, 0.6) is 0 Å². The lowest BCUT2D eigenvalue weighted by atomic mass is 9.97. The zero-order valence-corrected chi connectivity index (χ0v) is 18.4. The Morgan fingerprint density at radius 1 is 1.40 bits per heavy atom.